The molecule has 0 aliphatic heterocycles. The van der Waals surface area contributed by atoms with Gasteiger partial charge in [-0.3, -0.25) is 0 Å². The minimum atomic E-state index is 0.418. The molecular formula is C12H15Cl2N3. The number of hydrogen-bond acceptors (Lipinski definition) is 3. The Hall–Kier alpha value is -0.540. The van der Waals surface area contributed by atoms with Crippen molar-refractivity contribution in [2.24, 2.45) is 11.8 Å². The molecule has 0 unspecified atom stereocenters. The fourth-order valence-electron chi connectivity index (χ4n) is 2.06. The van der Waals surface area contributed by atoms with Crippen LogP contribution in [0.1, 0.15) is 25.7 Å². The number of nitrogens with zero attached hydrogens (tertiary/aromatic N) is 3. The molecule has 1 aromatic rings. The van der Waals surface area contributed by atoms with Crippen molar-refractivity contribution in [1.29, 1.82) is 0 Å². The minimum Gasteiger partial charge on any atom is -0.368 e. The monoisotopic (exact) mass is 271 g/mol. The summed E-state index contributed by atoms with van der Waals surface area (Å²) in [6, 6.07) is 1.83. The zero-order chi connectivity index (χ0) is 11.8. The van der Waals surface area contributed by atoms with Crippen LogP contribution in [0.3, 0.4) is 0 Å². The molecule has 2 aliphatic rings. The molecule has 3 nitrogen and oxygen atoms in total. The quantitative estimate of drug-likeness (QED) is 0.822. The molecule has 1 aromatic heterocycles. The summed E-state index contributed by atoms with van der Waals surface area (Å²) >= 11 is 12.0. The van der Waals surface area contributed by atoms with Crippen LogP contribution in [0.5, 0.6) is 0 Å². The topological polar surface area (TPSA) is 29.0 Å². The van der Waals surface area contributed by atoms with E-state index in [0.29, 0.717) is 10.3 Å². The highest BCUT2D eigenvalue weighted by molar-refractivity contribution is 6.33. The normalized spacial score (nSPS) is 19.4. The molecule has 92 valence electrons. The Bertz CT molecular complexity index is 402. The fourth-order valence-corrected chi connectivity index (χ4v) is 2.41. The van der Waals surface area contributed by atoms with Gasteiger partial charge < -0.3 is 4.90 Å². The molecule has 0 bridgehead atoms. The van der Waals surface area contributed by atoms with E-state index in [2.05, 4.69) is 15.1 Å². The fraction of sp³-hybridized carbons (Fsp3) is 0.667. The van der Waals surface area contributed by atoms with Crippen LogP contribution in [0, 0.1) is 11.8 Å². The van der Waals surface area contributed by atoms with Crippen LogP contribution >= 0.6 is 23.2 Å². The molecule has 0 amide bonds. The maximum absolute atomic E-state index is 6.12. The van der Waals surface area contributed by atoms with Crippen LogP contribution in [-0.2, 0) is 0 Å². The second-order valence-electron chi connectivity index (χ2n) is 5.13. The molecule has 1 heterocycles. The number of hydrogen-bond donors (Lipinski definition) is 0. The summed E-state index contributed by atoms with van der Waals surface area (Å²) in [5, 5.41) is 8.55. The lowest BCUT2D eigenvalue weighted by Crippen LogP contribution is -2.28. The lowest BCUT2D eigenvalue weighted by molar-refractivity contribution is 0.677. The first-order valence-electron chi connectivity index (χ1n) is 6.16. The van der Waals surface area contributed by atoms with Gasteiger partial charge in [0, 0.05) is 19.2 Å². The summed E-state index contributed by atoms with van der Waals surface area (Å²) < 4.78 is 0. The maximum atomic E-state index is 6.12. The van der Waals surface area contributed by atoms with Crippen LogP contribution in [0.2, 0.25) is 10.3 Å². The Morgan fingerprint density at radius 1 is 1.06 bits per heavy atom. The highest BCUT2D eigenvalue weighted by Gasteiger charge is 2.30. The van der Waals surface area contributed by atoms with Gasteiger partial charge in [0.15, 0.2) is 10.3 Å². The van der Waals surface area contributed by atoms with E-state index < -0.39 is 0 Å². The molecule has 3 rings (SSSR count). The second-order valence-corrected chi connectivity index (χ2v) is 5.88. The SMILES string of the molecule is Clc1cc(N(CC2CC2)CC2CC2)c(Cl)nn1. The number of anilines is 1. The predicted molar refractivity (Wildman–Crippen MR) is 69.7 cm³/mol. The number of halogens is 2. The zero-order valence-electron chi connectivity index (χ0n) is 9.57. The van der Waals surface area contributed by atoms with Gasteiger partial charge in [-0.25, -0.2) is 0 Å². The minimum absolute atomic E-state index is 0.418. The van der Waals surface area contributed by atoms with Crippen LogP contribution in [0.15, 0.2) is 6.07 Å². The molecule has 2 saturated carbocycles. The second kappa shape index (κ2) is 4.62. The van der Waals surface area contributed by atoms with Gasteiger partial charge in [-0.1, -0.05) is 23.2 Å². The van der Waals surface area contributed by atoms with Crippen molar-refractivity contribution < 1.29 is 0 Å². The Labute approximate surface area is 111 Å². The third kappa shape index (κ3) is 3.02. The van der Waals surface area contributed by atoms with Gasteiger partial charge >= 0.3 is 0 Å². The van der Waals surface area contributed by atoms with E-state index in [1.807, 2.05) is 6.07 Å². The van der Waals surface area contributed by atoms with Crippen LogP contribution in [-0.4, -0.2) is 23.3 Å². The van der Waals surface area contributed by atoms with Gasteiger partial charge in [-0.2, -0.15) is 0 Å². The van der Waals surface area contributed by atoms with E-state index in [-0.39, 0.29) is 0 Å². The molecule has 0 aromatic carbocycles. The Morgan fingerprint density at radius 3 is 2.18 bits per heavy atom. The first-order valence-corrected chi connectivity index (χ1v) is 6.91. The van der Waals surface area contributed by atoms with Crippen molar-refractivity contribution in [3.8, 4) is 0 Å². The Balaban J connectivity index is 1.80. The molecule has 2 aliphatic carbocycles. The summed E-state index contributed by atoms with van der Waals surface area (Å²) in [4.78, 5) is 2.35. The van der Waals surface area contributed by atoms with Crippen molar-refractivity contribution in [1.82, 2.24) is 10.2 Å². The van der Waals surface area contributed by atoms with E-state index in [1.165, 1.54) is 25.7 Å². The molecule has 17 heavy (non-hydrogen) atoms. The van der Waals surface area contributed by atoms with Crippen molar-refractivity contribution >= 4 is 28.9 Å². The molecule has 2 fully saturated rings. The Kier molecular flexibility index (Phi) is 3.14. The summed E-state index contributed by atoms with van der Waals surface area (Å²) in [6.45, 7) is 2.16. The first-order chi connectivity index (χ1) is 8.22. The largest absolute Gasteiger partial charge is 0.368 e. The summed E-state index contributed by atoms with van der Waals surface area (Å²) in [5.74, 6) is 1.66. The van der Waals surface area contributed by atoms with Gasteiger partial charge in [0.05, 0.1) is 5.69 Å². The molecule has 5 heteroatoms. The summed E-state index contributed by atoms with van der Waals surface area (Å²) in [7, 11) is 0. The molecule has 0 spiro atoms. The predicted octanol–water partition coefficient (Wildman–Crippen LogP) is 3.41. The maximum Gasteiger partial charge on any atom is 0.175 e. The first kappa shape index (κ1) is 11.5. The van der Waals surface area contributed by atoms with Crippen LogP contribution in [0.4, 0.5) is 5.69 Å². The van der Waals surface area contributed by atoms with Crippen molar-refractivity contribution in [2.45, 2.75) is 25.7 Å². The Morgan fingerprint density at radius 2 is 1.65 bits per heavy atom. The van der Waals surface area contributed by atoms with E-state index in [9.17, 15) is 0 Å². The van der Waals surface area contributed by atoms with Crippen molar-refractivity contribution in [3.05, 3.63) is 16.4 Å². The average Bonchev–Trinajstić information content (AvgIpc) is 3.15. The zero-order valence-corrected chi connectivity index (χ0v) is 11.1. The van der Waals surface area contributed by atoms with Crippen LogP contribution in [0.25, 0.3) is 0 Å². The molecule has 0 N–H and O–H groups in total. The van der Waals surface area contributed by atoms with Gasteiger partial charge in [0.2, 0.25) is 0 Å². The van der Waals surface area contributed by atoms with Gasteiger partial charge in [0.25, 0.3) is 0 Å². The van der Waals surface area contributed by atoms with E-state index in [1.54, 1.807) is 0 Å². The van der Waals surface area contributed by atoms with E-state index in [4.69, 9.17) is 23.2 Å². The van der Waals surface area contributed by atoms with Gasteiger partial charge in [0.1, 0.15) is 0 Å². The van der Waals surface area contributed by atoms with Crippen LogP contribution < -0.4 is 4.90 Å². The summed E-state index contributed by atoms with van der Waals surface area (Å²) in [6.07, 6.45) is 5.35. The average molecular weight is 272 g/mol. The highest BCUT2D eigenvalue weighted by Crippen LogP contribution is 2.37. The molecule has 0 atom stereocenters. The highest BCUT2D eigenvalue weighted by atomic mass is 35.5. The third-order valence-corrected chi connectivity index (χ3v) is 3.85. The number of rotatable bonds is 5. The lowest BCUT2D eigenvalue weighted by atomic mass is 10.3. The van der Waals surface area contributed by atoms with Gasteiger partial charge in [-0.15, -0.1) is 10.2 Å². The smallest absolute Gasteiger partial charge is 0.175 e. The van der Waals surface area contributed by atoms with Gasteiger partial charge in [-0.05, 0) is 37.5 Å². The van der Waals surface area contributed by atoms with Crippen molar-refractivity contribution in [3.63, 3.8) is 0 Å². The molecule has 0 radical (unpaired) electrons. The standard InChI is InChI=1S/C12H15Cl2N3/c13-11-5-10(12(14)16-15-11)17(6-8-1-2-8)7-9-3-4-9/h5,8-9H,1-4,6-7H2. The lowest BCUT2D eigenvalue weighted by Gasteiger charge is -2.25. The summed E-state index contributed by atoms with van der Waals surface area (Å²) in [5.41, 5.74) is 0.950. The van der Waals surface area contributed by atoms with Crippen molar-refractivity contribution in [2.75, 3.05) is 18.0 Å². The number of aromatic nitrogens is 2. The third-order valence-electron chi connectivity index (χ3n) is 3.39. The van der Waals surface area contributed by atoms with E-state index >= 15 is 0 Å². The molecule has 0 saturated heterocycles. The molecular weight excluding hydrogens is 257 g/mol. The van der Waals surface area contributed by atoms with E-state index in [0.717, 1.165) is 30.6 Å².